The van der Waals surface area contributed by atoms with Crippen molar-refractivity contribution in [3.05, 3.63) is 40.1 Å². The van der Waals surface area contributed by atoms with E-state index in [1.54, 1.807) is 12.3 Å². The standard InChI is InChI=1S/C14H14N2O3/c1-14(2)6-11(14)13(17)10-7-15-12-4-3-8(16(18)19)5-9(10)12/h3-5,7,11,15H,6H2,1-2H3. The lowest BCUT2D eigenvalue weighted by atomic mass is 10.0. The molecule has 0 spiro atoms. The summed E-state index contributed by atoms with van der Waals surface area (Å²) in [4.78, 5) is 25.8. The Morgan fingerprint density at radius 1 is 1.47 bits per heavy atom. The molecule has 1 aliphatic carbocycles. The summed E-state index contributed by atoms with van der Waals surface area (Å²) < 4.78 is 0. The van der Waals surface area contributed by atoms with Gasteiger partial charge in [0.25, 0.3) is 5.69 Å². The second kappa shape index (κ2) is 3.66. The molecule has 1 aromatic carbocycles. The number of hydrogen-bond acceptors (Lipinski definition) is 3. The van der Waals surface area contributed by atoms with Crippen molar-refractivity contribution in [2.24, 2.45) is 11.3 Å². The number of carbonyl (C=O) groups is 1. The van der Waals surface area contributed by atoms with Crippen LogP contribution in [0.2, 0.25) is 0 Å². The highest BCUT2D eigenvalue weighted by molar-refractivity contribution is 6.10. The summed E-state index contributed by atoms with van der Waals surface area (Å²) in [6, 6.07) is 4.55. The van der Waals surface area contributed by atoms with Gasteiger partial charge in [-0.2, -0.15) is 0 Å². The number of Topliss-reactive ketones (excluding diaryl/α,β-unsaturated/α-hetero) is 1. The molecule has 0 aliphatic heterocycles. The molecule has 1 atom stereocenters. The largest absolute Gasteiger partial charge is 0.360 e. The molecule has 0 amide bonds. The van der Waals surface area contributed by atoms with Crippen LogP contribution in [0.3, 0.4) is 0 Å². The van der Waals surface area contributed by atoms with Crippen LogP contribution in [-0.2, 0) is 0 Å². The monoisotopic (exact) mass is 258 g/mol. The van der Waals surface area contributed by atoms with Crippen molar-refractivity contribution >= 4 is 22.4 Å². The van der Waals surface area contributed by atoms with E-state index in [0.29, 0.717) is 10.9 Å². The van der Waals surface area contributed by atoms with E-state index in [9.17, 15) is 14.9 Å². The Morgan fingerprint density at radius 3 is 2.74 bits per heavy atom. The minimum absolute atomic E-state index is 0.0104. The molecule has 19 heavy (non-hydrogen) atoms. The summed E-state index contributed by atoms with van der Waals surface area (Å²) in [5, 5.41) is 11.4. The van der Waals surface area contributed by atoms with Gasteiger partial charge in [-0.25, -0.2) is 0 Å². The number of ketones is 1. The highest BCUT2D eigenvalue weighted by Gasteiger charge is 2.50. The van der Waals surface area contributed by atoms with E-state index in [1.165, 1.54) is 12.1 Å². The van der Waals surface area contributed by atoms with Crippen LogP contribution in [0.4, 0.5) is 5.69 Å². The number of fused-ring (bicyclic) bond motifs is 1. The van der Waals surface area contributed by atoms with Crippen LogP contribution in [0.5, 0.6) is 0 Å². The maximum absolute atomic E-state index is 12.4. The van der Waals surface area contributed by atoms with Gasteiger partial charge in [0.15, 0.2) is 5.78 Å². The molecule has 1 aliphatic rings. The number of nitrogens with zero attached hydrogens (tertiary/aromatic N) is 1. The molecule has 1 unspecified atom stereocenters. The van der Waals surface area contributed by atoms with E-state index in [-0.39, 0.29) is 22.8 Å². The Morgan fingerprint density at radius 2 is 2.16 bits per heavy atom. The van der Waals surface area contributed by atoms with Crippen molar-refractivity contribution < 1.29 is 9.72 Å². The Kier molecular flexibility index (Phi) is 2.29. The highest BCUT2D eigenvalue weighted by atomic mass is 16.6. The Labute approximate surface area is 109 Å². The van der Waals surface area contributed by atoms with E-state index < -0.39 is 4.92 Å². The summed E-state index contributed by atoms with van der Waals surface area (Å²) >= 11 is 0. The SMILES string of the molecule is CC1(C)CC1C(=O)c1c[nH]c2ccc([N+](=O)[O-])cc12. The quantitative estimate of drug-likeness (QED) is 0.521. The smallest absolute Gasteiger partial charge is 0.270 e. The Hall–Kier alpha value is -2.17. The molecular weight excluding hydrogens is 244 g/mol. The molecule has 0 bridgehead atoms. The number of aromatic nitrogens is 1. The lowest BCUT2D eigenvalue weighted by Gasteiger charge is -2.01. The fourth-order valence-corrected chi connectivity index (χ4v) is 2.53. The number of nitro benzene ring substituents is 1. The number of non-ortho nitro benzene ring substituents is 1. The van der Waals surface area contributed by atoms with Gasteiger partial charge < -0.3 is 4.98 Å². The third-order valence-electron chi connectivity index (χ3n) is 3.97. The lowest BCUT2D eigenvalue weighted by molar-refractivity contribution is -0.384. The number of aromatic amines is 1. The van der Waals surface area contributed by atoms with E-state index in [2.05, 4.69) is 18.8 Å². The average Bonchev–Trinajstić information content (AvgIpc) is 2.83. The van der Waals surface area contributed by atoms with Crippen LogP contribution in [0.1, 0.15) is 30.6 Å². The maximum atomic E-state index is 12.4. The summed E-state index contributed by atoms with van der Waals surface area (Å²) in [6.07, 6.45) is 2.54. The molecule has 5 nitrogen and oxygen atoms in total. The van der Waals surface area contributed by atoms with Gasteiger partial charge in [-0.3, -0.25) is 14.9 Å². The first-order valence-corrected chi connectivity index (χ1v) is 6.20. The predicted molar refractivity (Wildman–Crippen MR) is 71.2 cm³/mol. The molecule has 1 heterocycles. The molecule has 1 aromatic heterocycles. The second-order valence-electron chi connectivity index (χ2n) is 5.80. The van der Waals surface area contributed by atoms with Gasteiger partial charge in [0, 0.05) is 40.7 Å². The van der Waals surface area contributed by atoms with E-state index in [0.717, 1.165) is 11.9 Å². The number of rotatable bonds is 3. The summed E-state index contributed by atoms with van der Waals surface area (Å²) in [6.45, 7) is 4.12. The van der Waals surface area contributed by atoms with Crippen LogP contribution >= 0.6 is 0 Å². The highest BCUT2D eigenvalue weighted by Crippen LogP contribution is 2.53. The van der Waals surface area contributed by atoms with Crippen LogP contribution in [-0.4, -0.2) is 15.7 Å². The zero-order valence-corrected chi connectivity index (χ0v) is 10.8. The number of hydrogen-bond donors (Lipinski definition) is 1. The zero-order valence-electron chi connectivity index (χ0n) is 10.8. The molecule has 1 fully saturated rings. The van der Waals surface area contributed by atoms with E-state index in [1.807, 2.05) is 0 Å². The molecular formula is C14H14N2O3. The van der Waals surface area contributed by atoms with Gasteiger partial charge >= 0.3 is 0 Å². The first kappa shape index (κ1) is 11.9. The van der Waals surface area contributed by atoms with Gasteiger partial charge in [-0.15, -0.1) is 0 Å². The second-order valence-corrected chi connectivity index (χ2v) is 5.80. The number of H-pyrrole nitrogens is 1. The molecule has 1 saturated carbocycles. The van der Waals surface area contributed by atoms with Crippen molar-refractivity contribution in [3.63, 3.8) is 0 Å². The first-order valence-electron chi connectivity index (χ1n) is 6.20. The molecule has 3 rings (SSSR count). The molecule has 5 heteroatoms. The fraction of sp³-hybridized carbons (Fsp3) is 0.357. The van der Waals surface area contributed by atoms with Crippen LogP contribution in [0.25, 0.3) is 10.9 Å². The third-order valence-corrected chi connectivity index (χ3v) is 3.97. The predicted octanol–water partition coefficient (Wildman–Crippen LogP) is 3.30. The van der Waals surface area contributed by atoms with Gasteiger partial charge in [-0.05, 0) is 17.9 Å². The van der Waals surface area contributed by atoms with Crippen molar-refractivity contribution in [3.8, 4) is 0 Å². The van der Waals surface area contributed by atoms with Crippen LogP contribution in [0.15, 0.2) is 24.4 Å². The third kappa shape index (κ3) is 1.82. The molecule has 0 radical (unpaired) electrons. The van der Waals surface area contributed by atoms with Crippen molar-refractivity contribution in [2.45, 2.75) is 20.3 Å². The van der Waals surface area contributed by atoms with E-state index in [4.69, 9.17) is 0 Å². The number of nitrogens with one attached hydrogen (secondary N) is 1. The van der Waals surface area contributed by atoms with Crippen molar-refractivity contribution in [1.82, 2.24) is 4.98 Å². The molecule has 0 saturated heterocycles. The minimum atomic E-state index is -0.443. The lowest BCUT2D eigenvalue weighted by Crippen LogP contribution is -2.05. The Balaban J connectivity index is 2.07. The van der Waals surface area contributed by atoms with Crippen LogP contribution < -0.4 is 0 Å². The Bertz CT molecular complexity index is 700. The summed E-state index contributed by atoms with van der Waals surface area (Å²) in [5.74, 6) is 0.113. The first-order chi connectivity index (χ1) is 8.90. The fourth-order valence-electron chi connectivity index (χ4n) is 2.53. The normalized spacial score (nSPS) is 20.4. The minimum Gasteiger partial charge on any atom is -0.360 e. The van der Waals surface area contributed by atoms with E-state index >= 15 is 0 Å². The topological polar surface area (TPSA) is 76.0 Å². The van der Waals surface area contributed by atoms with Crippen molar-refractivity contribution in [2.75, 3.05) is 0 Å². The van der Waals surface area contributed by atoms with Gasteiger partial charge in [0.2, 0.25) is 0 Å². The number of nitro groups is 1. The van der Waals surface area contributed by atoms with Gasteiger partial charge in [0.05, 0.1) is 4.92 Å². The molecule has 98 valence electrons. The van der Waals surface area contributed by atoms with Gasteiger partial charge in [-0.1, -0.05) is 13.8 Å². The van der Waals surface area contributed by atoms with Gasteiger partial charge in [0.1, 0.15) is 0 Å². The molecule has 2 aromatic rings. The maximum Gasteiger partial charge on any atom is 0.270 e. The summed E-state index contributed by atoms with van der Waals surface area (Å²) in [5.41, 5.74) is 1.39. The number of carbonyl (C=O) groups excluding carboxylic acids is 1. The zero-order chi connectivity index (χ0) is 13.8. The average molecular weight is 258 g/mol. The van der Waals surface area contributed by atoms with Crippen molar-refractivity contribution in [1.29, 1.82) is 0 Å². The number of benzene rings is 1. The molecule has 1 N–H and O–H groups in total. The van der Waals surface area contributed by atoms with Crippen LogP contribution in [0, 0.1) is 21.4 Å². The summed E-state index contributed by atoms with van der Waals surface area (Å²) in [7, 11) is 0.